The highest BCUT2D eigenvalue weighted by molar-refractivity contribution is 6.29. The molecule has 0 atom stereocenters. The van der Waals surface area contributed by atoms with Gasteiger partial charge in [0.2, 0.25) is 0 Å². The summed E-state index contributed by atoms with van der Waals surface area (Å²) in [6, 6.07) is 3.85. The number of nitrogens with one attached hydrogen (secondary N) is 1. The zero-order chi connectivity index (χ0) is 6.97. The molecule has 0 spiro atoms. The number of aromatic nitrogens is 1. The molecule has 12 heavy (non-hydrogen) atoms. The van der Waals surface area contributed by atoms with Gasteiger partial charge >= 0.3 is 0 Å². The zero-order valence-corrected chi connectivity index (χ0v) is 8.60. The molecular weight excluding hydrogens is 218 g/mol. The normalized spacial score (nSPS) is 12.8. The van der Waals surface area contributed by atoms with Gasteiger partial charge in [-0.05, 0) is 11.6 Å². The van der Waals surface area contributed by atoms with Crippen LogP contribution in [0.5, 0.6) is 0 Å². The van der Waals surface area contributed by atoms with E-state index >= 15 is 0 Å². The van der Waals surface area contributed by atoms with E-state index in [0.717, 1.165) is 18.8 Å². The standard InChI is InChI=1S/C7H7ClN2.2ClH/c8-7-2-1-5-3-9-4-6(5)10-7;;/h1-2,9H,3-4H2;2*1H. The minimum absolute atomic E-state index is 0. The molecule has 0 aromatic carbocycles. The Labute approximate surface area is 88.5 Å². The first-order valence-electron chi connectivity index (χ1n) is 3.21. The summed E-state index contributed by atoms with van der Waals surface area (Å²) in [5, 5.41) is 3.78. The van der Waals surface area contributed by atoms with Crippen LogP contribution in [0.4, 0.5) is 0 Å². The summed E-state index contributed by atoms with van der Waals surface area (Å²) in [7, 11) is 0. The summed E-state index contributed by atoms with van der Waals surface area (Å²) in [6.45, 7) is 1.79. The summed E-state index contributed by atoms with van der Waals surface area (Å²) in [4.78, 5) is 4.16. The summed E-state index contributed by atoms with van der Waals surface area (Å²) in [6.07, 6.45) is 0. The number of rotatable bonds is 0. The third kappa shape index (κ3) is 2.23. The van der Waals surface area contributed by atoms with Gasteiger partial charge in [-0.15, -0.1) is 24.8 Å². The molecule has 68 valence electrons. The fourth-order valence-electron chi connectivity index (χ4n) is 1.13. The summed E-state index contributed by atoms with van der Waals surface area (Å²) >= 11 is 5.68. The Bertz CT molecular complexity index is 265. The highest BCUT2D eigenvalue weighted by Crippen LogP contribution is 2.15. The predicted molar refractivity (Wildman–Crippen MR) is 54.3 cm³/mol. The van der Waals surface area contributed by atoms with E-state index in [1.807, 2.05) is 12.1 Å². The molecule has 1 aliphatic rings. The lowest BCUT2D eigenvalue weighted by atomic mass is 10.2. The highest BCUT2D eigenvalue weighted by atomic mass is 35.5. The van der Waals surface area contributed by atoms with Crippen LogP contribution in [0.25, 0.3) is 0 Å². The molecule has 0 unspecified atom stereocenters. The van der Waals surface area contributed by atoms with Crippen LogP contribution in [0, 0.1) is 0 Å². The van der Waals surface area contributed by atoms with E-state index in [2.05, 4.69) is 10.3 Å². The van der Waals surface area contributed by atoms with Gasteiger partial charge in [0.05, 0.1) is 5.69 Å². The van der Waals surface area contributed by atoms with Crippen molar-refractivity contribution in [2.75, 3.05) is 0 Å². The second kappa shape index (κ2) is 4.87. The highest BCUT2D eigenvalue weighted by Gasteiger charge is 2.10. The Hall–Kier alpha value is -0.0200. The molecule has 0 amide bonds. The van der Waals surface area contributed by atoms with Gasteiger partial charge in [0.1, 0.15) is 5.15 Å². The smallest absolute Gasteiger partial charge is 0.129 e. The Balaban J connectivity index is 0.000000605. The lowest BCUT2D eigenvalue weighted by Crippen LogP contribution is -2.00. The van der Waals surface area contributed by atoms with Crippen molar-refractivity contribution in [2.45, 2.75) is 13.1 Å². The van der Waals surface area contributed by atoms with Gasteiger partial charge in [0.25, 0.3) is 0 Å². The average Bonchev–Trinajstić information content (AvgIpc) is 2.33. The predicted octanol–water partition coefficient (Wildman–Crippen LogP) is 2.18. The SMILES string of the molecule is Cl.Cl.Clc1ccc2c(n1)CNC2. The number of nitrogens with zero attached hydrogens (tertiary/aromatic N) is 1. The van der Waals surface area contributed by atoms with Gasteiger partial charge in [0, 0.05) is 13.1 Å². The third-order valence-electron chi connectivity index (χ3n) is 1.64. The zero-order valence-electron chi connectivity index (χ0n) is 6.21. The molecule has 5 heteroatoms. The van der Waals surface area contributed by atoms with Crippen molar-refractivity contribution in [3.8, 4) is 0 Å². The second-order valence-electron chi connectivity index (χ2n) is 2.34. The molecule has 1 aromatic heterocycles. The molecule has 0 radical (unpaired) electrons. The molecule has 0 saturated heterocycles. The first-order valence-corrected chi connectivity index (χ1v) is 3.59. The monoisotopic (exact) mass is 226 g/mol. The number of hydrogen-bond donors (Lipinski definition) is 1. The maximum atomic E-state index is 5.68. The minimum atomic E-state index is 0. The number of halogens is 3. The number of pyridine rings is 1. The molecule has 2 heterocycles. The van der Waals surface area contributed by atoms with Gasteiger partial charge < -0.3 is 5.32 Å². The molecule has 1 N–H and O–H groups in total. The Kier molecular flexibility index (Phi) is 4.87. The van der Waals surface area contributed by atoms with E-state index in [1.54, 1.807) is 0 Å². The van der Waals surface area contributed by atoms with Crippen LogP contribution in [-0.2, 0) is 13.1 Å². The molecule has 2 rings (SSSR count). The quantitative estimate of drug-likeness (QED) is 0.687. The largest absolute Gasteiger partial charge is 0.307 e. The molecule has 0 bridgehead atoms. The maximum absolute atomic E-state index is 5.68. The third-order valence-corrected chi connectivity index (χ3v) is 1.85. The molecule has 1 aliphatic heterocycles. The van der Waals surface area contributed by atoms with Crippen LogP contribution in [0.2, 0.25) is 5.15 Å². The minimum Gasteiger partial charge on any atom is -0.307 e. The topological polar surface area (TPSA) is 24.9 Å². The van der Waals surface area contributed by atoms with Gasteiger partial charge in [-0.3, -0.25) is 0 Å². The Morgan fingerprint density at radius 3 is 2.75 bits per heavy atom. The van der Waals surface area contributed by atoms with Crippen molar-refractivity contribution in [1.29, 1.82) is 0 Å². The maximum Gasteiger partial charge on any atom is 0.129 e. The summed E-state index contributed by atoms with van der Waals surface area (Å²) in [5.41, 5.74) is 2.36. The van der Waals surface area contributed by atoms with E-state index in [9.17, 15) is 0 Å². The van der Waals surface area contributed by atoms with E-state index in [-0.39, 0.29) is 24.8 Å². The molecule has 1 aromatic rings. The van der Waals surface area contributed by atoms with E-state index in [1.165, 1.54) is 5.56 Å². The first kappa shape index (κ1) is 12.0. The lowest BCUT2D eigenvalue weighted by Gasteiger charge is -1.94. The Morgan fingerprint density at radius 2 is 2.00 bits per heavy atom. The van der Waals surface area contributed by atoms with Gasteiger partial charge in [-0.25, -0.2) is 4.98 Å². The van der Waals surface area contributed by atoms with Crippen molar-refractivity contribution in [3.63, 3.8) is 0 Å². The van der Waals surface area contributed by atoms with Crippen molar-refractivity contribution in [2.24, 2.45) is 0 Å². The molecule has 0 fully saturated rings. The van der Waals surface area contributed by atoms with Crippen LogP contribution in [0.1, 0.15) is 11.3 Å². The van der Waals surface area contributed by atoms with Crippen molar-refractivity contribution in [3.05, 3.63) is 28.5 Å². The fraction of sp³-hybridized carbons (Fsp3) is 0.286. The van der Waals surface area contributed by atoms with Crippen molar-refractivity contribution >= 4 is 36.4 Å². The number of hydrogen-bond acceptors (Lipinski definition) is 2. The van der Waals surface area contributed by atoms with Crippen molar-refractivity contribution in [1.82, 2.24) is 10.3 Å². The van der Waals surface area contributed by atoms with Gasteiger partial charge in [0.15, 0.2) is 0 Å². The molecule has 0 aliphatic carbocycles. The lowest BCUT2D eigenvalue weighted by molar-refractivity contribution is 0.757. The molecule has 0 saturated carbocycles. The van der Waals surface area contributed by atoms with Crippen LogP contribution < -0.4 is 5.32 Å². The Morgan fingerprint density at radius 1 is 1.25 bits per heavy atom. The summed E-state index contributed by atoms with van der Waals surface area (Å²) < 4.78 is 0. The summed E-state index contributed by atoms with van der Waals surface area (Å²) in [5.74, 6) is 0. The first-order chi connectivity index (χ1) is 4.86. The van der Waals surface area contributed by atoms with Crippen LogP contribution in [0.15, 0.2) is 12.1 Å². The average molecular weight is 228 g/mol. The van der Waals surface area contributed by atoms with Crippen LogP contribution in [-0.4, -0.2) is 4.98 Å². The van der Waals surface area contributed by atoms with E-state index in [4.69, 9.17) is 11.6 Å². The van der Waals surface area contributed by atoms with Gasteiger partial charge in [-0.1, -0.05) is 17.7 Å². The molecular formula is C7H9Cl3N2. The number of fused-ring (bicyclic) bond motifs is 1. The fourth-order valence-corrected chi connectivity index (χ4v) is 1.30. The van der Waals surface area contributed by atoms with Gasteiger partial charge in [-0.2, -0.15) is 0 Å². The van der Waals surface area contributed by atoms with Crippen LogP contribution >= 0.6 is 36.4 Å². The van der Waals surface area contributed by atoms with Crippen molar-refractivity contribution < 1.29 is 0 Å². The van der Waals surface area contributed by atoms with E-state index < -0.39 is 0 Å². The van der Waals surface area contributed by atoms with Crippen LogP contribution in [0.3, 0.4) is 0 Å². The molecule has 2 nitrogen and oxygen atoms in total. The second-order valence-corrected chi connectivity index (χ2v) is 2.73. The van der Waals surface area contributed by atoms with E-state index in [0.29, 0.717) is 5.15 Å².